The minimum Gasteiger partial charge on any atom is -0.324 e. The van der Waals surface area contributed by atoms with Gasteiger partial charge in [-0.25, -0.2) is 4.98 Å². The molecule has 0 saturated carbocycles. The Morgan fingerprint density at radius 2 is 2.23 bits per heavy atom. The minimum absolute atomic E-state index is 0. The number of hydrogen-bond donors (Lipinski definition) is 1. The summed E-state index contributed by atoms with van der Waals surface area (Å²) >= 11 is 0. The van der Waals surface area contributed by atoms with E-state index in [-0.39, 0.29) is 24.4 Å². The molecule has 1 aromatic heterocycles. The topological polar surface area (TPSA) is 38.9 Å². The molecule has 2 nitrogen and oxygen atoms in total. The van der Waals surface area contributed by atoms with Gasteiger partial charge in [-0.15, -0.1) is 12.4 Å². The molecule has 74 valence electrons. The number of nitrogens with zero attached hydrogens (tertiary/aromatic N) is 1. The first kappa shape index (κ1) is 12.3. The van der Waals surface area contributed by atoms with E-state index in [4.69, 9.17) is 5.73 Å². The molecule has 1 atom stereocenters. The Labute approximate surface area is 81.6 Å². The van der Waals surface area contributed by atoms with Crippen LogP contribution in [0.5, 0.6) is 0 Å². The molecule has 1 aromatic rings. The van der Waals surface area contributed by atoms with Crippen molar-refractivity contribution in [3.8, 4) is 0 Å². The molecule has 0 fully saturated rings. The molecule has 0 aliphatic rings. The summed E-state index contributed by atoms with van der Waals surface area (Å²) in [7, 11) is 0. The Morgan fingerprint density at radius 3 is 2.77 bits per heavy atom. The SMILES string of the molecule is Cl.N[C@@H](CCF)c1cccnc1F. The lowest BCUT2D eigenvalue weighted by Gasteiger charge is -2.08. The van der Waals surface area contributed by atoms with E-state index in [0.29, 0.717) is 0 Å². The summed E-state index contributed by atoms with van der Waals surface area (Å²) in [6.45, 7) is -0.546. The van der Waals surface area contributed by atoms with Gasteiger partial charge < -0.3 is 5.73 Å². The first-order valence-corrected chi connectivity index (χ1v) is 3.67. The third-order valence-electron chi connectivity index (χ3n) is 1.61. The Bertz CT molecular complexity index is 258. The zero-order valence-electron chi connectivity index (χ0n) is 6.91. The highest BCUT2D eigenvalue weighted by Crippen LogP contribution is 2.15. The van der Waals surface area contributed by atoms with Crippen molar-refractivity contribution in [2.45, 2.75) is 12.5 Å². The number of alkyl halides is 1. The maximum absolute atomic E-state index is 12.8. The van der Waals surface area contributed by atoms with Crippen LogP contribution < -0.4 is 5.73 Å². The average Bonchev–Trinajstić information content (AvgIpc) is 2.05. The Balaban J connectivity index is 0.00000144. The first-order valence-electron chi connectivity index (χ1n) is 3.67. The fourth-order valence-corrected chi connectivity index (χ4v) is 0.948. The Kier molecular flexibility index (Phi) is 5.50. The smallest absolute Gasteiger partial charge is 0.217 e. The highest BCUT2D eigenvalue weighted by atomic mass is 35.5. The van der Waals surface area contributed by atoms with E-state index in [1.807, 2.05) is 0 Å². The predicted octanol–water partition coefficient (Wildman–Crippen LogP) is 2.00. The fourth-order valence-electron chi connectivity index (χ4n) is 0.948. The predicted molar refractivity (Wildman–Crippen MR) is 49.0 cm³/mol. The van der Waals surface area contributed by atoms with Crippen molar-refractivity contribution in [3.05, 3.63) is 29.8 Å². The van der Waals surface area contributed by atoms with Gasteiger partial charge in [0.2, 0.25) is 5.95 Å². The van der Waals surface area contributed by atoms with Crippen LogP contribution in [0.4, 0.5) is 8.78 Å². The maximum atomic E-state index is 12.8. The first-order chi connectivity index (χ1) is 5.75. The summed E-state index contributed by atoms with van der Waals surface area (Å²) in [5.41, 5.74) is 5.76. The second-order valence-electron chi connectivity index (χ2n) is 2.47. The largest absolute Gasteiger partial charge is 0.324 e. The molecule has 5 heteroatoms. The number of hydrogen-bond acceptors (Lipinski definition) is 2. The van der Waals surface area contributed by atoms with E-state index >= 15 is 0 Å². The van der Waals surface area contributed by atoms with Crippen molar-refractivity contribution in [1.29, 1.82) is 0 Å². The van der Waals surface area contributed by atoms with E-state index in [0.717, 1.165) is 0 Å². The van der Waals surface area contributed by atoms with Crippen molar-refractivity contribution in [3.63, 3.8) is 0 Å². The summed E-state index contributed by atoms with van der Waals surface area (Å²) < 4.78 is 24.7. The molecule has 2 N–H and O–H groups in total. The highest BCUT2D eigenvalue weighted by Gasteiger charge is 2.10. The molecule has 0 amide bonds. The second kappa shape index (κ2) is 5.83. The summed E-state index contributed by atoms with van der Waals surface area (Å²) in [6.07, 6.45) is 1.46. The van der Waals surface area contributed by atoms with Crippen LogP contribution in [0.2, 0.25) is 0 Å². The van der Waals surface area contributed by atoms with Gasteiger partial charge in [-0.3, -0.25) is 4.39 Å². The van der Waals surface area contributed by atoms with Crippen LogP contribution in [0, 0.1) is 5.95 Å². The van der Waals surface area contributed by atoms with Crippen LogP contribution in [-0.2, 0) is 0 Å². The van der Waals surface area contributed by atoms with Gasteiger partial charge in [-0.05, 0) is 12.5 Å². The van der Waals surface area contributed by atoms with Crippen LogP contribution in [0.1, 0.15) is 18.0 Å². The molecule has 0 aliphatic carbocycles. The summed E-state index contributed by atoms with van der Waals surface area (Å²) in [5, 5.41) is 0. The van der Waals surface area contributed by atoms with Gasteiger partial charge in [0.15, 0.2) is 0 Å². The number of halogens is 3. The second-order valence-corrected chi connectivity index (χ2v) is 2.47. The summed E-state index contributed by atoms with van der Waals surface area (Å²) in [4.78, 5) is 3.41. The zero-order valence-corrected chi connectivity index (χ0v) is 7.73. The molecule has 0 radical (unpaired) electrons. The lowest BCUT2D eigenvalue weighted by atomic mass is 10.1. The molecule has 0 saturated heterocycles. The fraction of sp³-hybridized carbons (Fsp3) is 0.375. The molecule has 0 spiro atoms. The lowest BCUT2D eigenvalue weighted by Crippen LogP contribution is -2.13. The Morgan fingerprint density at radius 1 is 1.54 bits per heavy atom. The zero-order chi connectivity index (χ0) is 8.97. The van der Waals surface area contributed by atoms with Gasteiger partial charge in [0, 0.05) is 17.8 Å². The van der Waals surface area contributed by atoms with Crippen LogP contribution in [-0.4, -0.2) is 11.7 Å². The Hall–Kier alpha value is -0.740. The summed E-state index contributed by atoms with van der Waals surface area (Å²) in [5.74, 6) is -0.613. The third kappa shape index (κ3) is 3.24. The van der Waals surface area contributed by atoms with Crippen LogP contribution in [0.15, 0.2) is 18.3 Å². The number of nitrogens with two attached hydrogens (primary N) is 1. The molecule has 0 bridgehead atoms. The normalized spacial score (nSPS) is 11.9. The molecular formula is C8H11ClF2N2. The standard InChI is InChI=1S/C8H10F2N2.ClH/c9-4-3-7(11)6-2-1-5-12-8(6)10;/h1-2,5,7H,3-4,11H2;1H/t7-;/m0./s1. The van der Waals surface area contributed by atoms with Crippen molar-refractivity contribution in [2.24, 2.45) is 5.73 Å². The van der Waals surface area contributed by atoms with Crippen molar-refractivity contribution >= 4 is 12.4 Å². The maximum Gasteiger partial charge on any atom is 0.217 e. The number of pyridine rings is 1. The van der Waals surface area contributed by atoms with Gasteiger partial charge in [0.1, 0.15) is 0 Å². The van der Waals surface area contributed by atoms with E-state index < -0.39 is 18.7 Å². The van der Waals surface area contributed by atoms with E-state index in [2.05, 4.69) is 4.98 Å². The minimum atomic E-state index is -0.613. The van der Waals surface area contributed by atoms with Crippen LogP contribution in [0.3, 0.4) is 0 Å². The van der Waals surface area contributed by atoms with Gasteiger partial charge >= 0.3 is 0 Å². The number of aromatic nitrogens is 1. The molecule has 0 aromatic carbocycles. The van der Waals surface area contributed by atoms with Crippen LogP contribution in [0.25, 0.3) is 0 Å². The lowest BCUT2D eigenvalue weighted by molar-refractivity contribution is 0.432. The van der Waals surface area contributed by atoms with Crippen LogP contribution >= 0.6 is 12.4 Å². The molecule has 0 aliphatic heterocycles. The van der Waals surface area contributed by atoms with Crippen molar-refractivity contribution in [2.75, 3.05) is 6.67 Å². The van der Waals surface area contributed by atoms with E-state index in [1.165, 1.54) is 12.3 Å². The average molecular weight is 209 g/mol. The van der Waals surface area contributed by atoms with Gasteiger partial charge in [-0.1, -0.05) is 6.07 Å². The van der Waals surface area contributed by atoms with E-state index in [1.54, 1.807) is 6.07 Å². The quantitative estimate of drug-likeness (QED) is 0.772. The van der Waals surface area contributed by atoms with Crippen molar-refractivity contribution < 1.29 is 8.78 Å². The van der Waals surface area contributed by atoms with Gasteiger partial charge in [-0.2, -0.15) is 4.39 Å². The molecular weight excluding hydrogens is 198 g/mol. The number of rotatable bonds is 3. The monoisotopic (exact) mass is 208 g/mol. The molecule has 1 heterocycles. The highest BCUT2D eigenvalue weighted by molar-refractivity contribution is 5.85. The van der Waals surface area contributed by atoms with Crippen molar-refractivity contribution in [1.82, 2.24) is 4.98 Å². The summed E-state index contributed by atoms with van der Waals surface area (Å²) in [6, 6.07) is 2.50. The van der Waals surface area contributed by atoms with Gasteiger partial charge in [0.05, 0.1) is 6.67 Å². The molecule has 0 unspecified atom stereocenters. The third-order valence-corrected chi connectivity index (χ3v) is 1.61. The molecule has 1 rings (SSSR count). The van der Waals surface area contributed by atoms with Gasteiger partial charge in [0.25, 0.3) is 0 Å². The van der Waals surface area contributed by atoms with E-state index in [9.17, 15) is 8.78 Å². The molecule has 13 heavy (non-hydrogen) atoms.